The number of hydrogen-bond donors (Lipinski definition) is 2. The van der Waals surface area contributed by atoms with E-state index in [1.54, 1.807) is 6.07 Å². The van der Waals surface area contributed by atoms with E-state index in [-0.39, 0.29) is 17.5 Å². The minimum atomic E-state index is -0.303. The number of carbonyl (C=O) groups is 1. The van der Waals surface area contributed by atoms with Crippen molar-refractivity contribution in [2.75, 3.05) is 43.1 Å². The van der Waals surface area contributed by atoms with Crippen LogP contribution in [0.1, 0.15) is 29.5 Å². The molecule has 1 aliphatic heterocycles. The first kappa shape index (κ1) is 21.8. The van der Waals surface area contributed by atoms with E-state index in [4.69, 9.17) is 9.26 Å². The van der Waals surface area contributed by atoms with Crippen LogP contribution in [0.3, 0.4) is 0 Å². The maximum absolute atomic E-state index is 14.3. The third-order valence-electron chi connectivity index (χ3n) is 5.33. The summed E-state index contributed by atoms with van der Waals surface area (Å²) in [5, 5.41) is 10.1. The molecule has 1 amide bonds. The van der Waals surface area contributed by atoms with Gasteiger partial charge >= 0.3 is 0 Å². The highest BCUT2D eigenvalue weighted by Gasteiger charge is 2.16. The van der Waals surface area contributed by atoms with Crippen molar-refractivity contribution in [3.63, 3.8) is 0 Å². The zero-order valence-corrected chi connectivity index (χ0v) is 18.3. The van der Waals surface area contributed by atoms with E-state index in [9.17, 15) is 9.18 Å². The highest BCUT2D eigenvalue weighted by Crippen LogP contribution is 2.30. The van der Waals surface area contributed by atoms with Crippen molar-refractivity contribution in [2.45, 2.75) is 20.3 Å². The number of hydrogen-bond acceptors (Lipinski definition) is 6. The summed E-state index contributed by atoms with van der Waals surface area (Å²) in [5.41, 5.74) is 4.64. The number of amides is 1. The second-order valence-electron chi connectivity index (χ2n) is 7.78. The van der Waals surface area contributed by atoms with Crippen LogP contribution in [-0.2, 0) is 4.74 Å². The van der Waals surface area contributed by atoms with Crippen molar-refractivity contribution in [2.24, 2.45) is 0 Å². The smallest absolute Gasteiger partial charge is 0.289 e. The lowest BCUT2D eigenvalue weighted by atomic mass is 10.0. The molecule has 32 heavy (non-hydrogen) atoms. The molecule has 4 rings (SSSR count). The first-order chi connectivity index (χ1) is 15.5. The molecule has 0 atom stereocenters. The van der Waals surface area contributed by atoms with Gasteiger partial charge in [-0.15, -0.1) is 0 Å². The second-order valence-corrected chi connectivity index (χ2v) is 7.78. The molecule has 8 heteroatoms. The summed E-state index contributed by atoms with van der Waals surface area (Å²) in [6.45, 7) is 7.26. The van der Waals surface area contributed by atoms with Gasteiger partial charge in [0.25, 0.3) is 5.91 Å². The molecular weight excluding hydrogens is 411 g/mol. The number of rotatable bonds is 7. The van der Waals surface area contributed by atoms with Crippen LogP contribution in [-0.4, -0.2) is 43.9 Å². The molecule has 1 aliphatic rings. The lowest BCUT2D eigenvalue weighted by Crippen LogP contribution is -2.36. The van der Waals surface area contributed by atoms with Crippen LogP contribution in [0.2, 0.25) is 0 Å². The van der Waals surface area contributed by atoms with Crippen LogP contribution < -0.4 is 15.5 Å². The molecule has 0 aliphatic carbocycles. The first-order valence-electron chi connectivity index (χ1n) is 10.8. The predicted molar refractivity (Wildman–Crippen MR) is 122 cm³/mol. The van der Waals surface area contributed by atoms with E-state index in [1.807, 2.05) is 38.1 Å². The van der Waals surface area contributed by atoms with Gasteiger partial charge < -0.3 is 24.8 Å². The number of halogens is 1. The number of benzene rings is 2. The Morgan fingerprint density at radius 3 is 2.72 bits per heavy atom. The van der Waals surface area contributed by atoms with Gasteiger partial charge in [0.2, 0.25) is 5.76 Å². The summed E-state index contributed by atoms with van der Waals surface area (Å²) in [6, 6.07) is 12.4. The molecule has 2 heterocycles. The van der Waals surface area contributed by atoms with E-state index in [1.165, 1.54) is 12.1 Å². The van der Waals surface area contributed by atoms with Gasteiger partial charge in [-0.25, -0.2) is 4.39 Å². The molecule has 1 fully saturated rings. The largest absolute Gasteiger partial charge is 0.378 e. The number of carbonyl (C=O) groups excluding carboxylic acids is 1. The van der Waals surface area contributed by atoms with E-state index in [0.29, 0.717) is 31.1 Å². The van der Waals surface area contributed by atoms with Gasteiger partial charge in [0.05, 0.1) is 13.2 Å². The van der Waals surface area contributed by atoms with Crippen molar-refractivity contribution in [3.8, 4) is 11.3 Å². The maximum atomic E-state index is 14.3. The minimum Gasteiger partial charge on any atom is -0.378 e. The Morgan fingerprint density at radius 1 is 1.12 bits per heavy atom. The minimum absolute atomic E-state index is 0.173. The van der Waals surface area contributed by atoms with Crippen LogP contribution in [0.4, 0.5) is 21.5 Å². The molecule has 3 aromatic rings. The Kier molecular flexibility index (Phi) is 6.70. The van der Waals surface area contributed by atoms with Gasteiger partial charge in [-0.1, -0.05) is 18.1 Å². The summed E-state index contributed by atoms with van der Waals surface area (Å²) in [5.74, 6) is -0.414. The van der Waals surface area contributed by atoms with Gasteiger partial charge in [-0.2, -0.15) is 0 Å². The quantitative estimate of drug-likeness (QED) is 0.565. The van der Waals surface area contributed by atoms with Crippen LogP contribution >= 0.6 is 0 Å². The fourth-order valence-electron chi connectivity index (χ4n) is 3.63. The topological polar surface area (TPSA) is 79.6 Å². The van der Waals surface area contributed by atoms with E-state index in [0.717, 1.165) is 42.0 Å². The molecule has 0 saturated carbocycles. The fourth-order valence-corrected chi connectivity index (χ4v) is 3.63. The number of ether oxygens (including phenoxy) is 1. The Bertz CT molecular complexity index is 1090. The van der Waals surface area contributed by atoms with Gasteiger partial charge in [0.1, 0.15) is 11.5 Å². The standard InChI is InChI=1S/C24H27FN4O3/c1-3-6-26-24(30)23-15-22(28-32-23)21-14-18(5-4-16(21)2)27-19-11-17(25)12-20(13-19)29-7-9-31-10-8-29/h4-5,11-15,27H,3,6-10H2,1-2H3,(H,26,30). The lowest BCUT2D eigenvalue weighted by molar-refractivity contribution is 0.0917. The molecule has 0 bridgehead atoms. The molecule has 7 nitrogen and oxygen atoms in total. The summed E-state index contributed by atoms with van der Waals surface area (Å²) in [7, 11) is 0. The fraction of sp³-hybridized carbons (Fsp3) is 0.333. The Balaban J connectivity index is 1.55. The summed E-state index contributed by atoms with van der Waals surface area (Å²) in [6.07, 6.45) is 0.840. The highest BCUT2D eigenvalue weighted by molar-refractivity contribution is 5.92. The molecular formula is C24H27FN4O3. The Labute approximate surface area is 186 Å². The van der Waals surface area contributed by atoms with Crippen molar-refractivity contribution in [1.29, 1.82) is 0 Å². The van der Waals surface area contributed by atoms with Crippen molar-refractivity contribution >= 4 is 23.0 Å². The van der Waals surface area contributed by atoms with Gasteiger partial charge in [-0.3, -0.25) is 4.79 Å². The molecule has 0 radical (unpaired) electrons. The van der Waals surface area contributed by atoms with Gasteiger partial charge in [0, 0.05) is 48.3 Å². The SMILES string of the molecule is CCCNC(=O)c1cc(-c2cc(Nc3cc(F)cc(N4CCOCC4)c3)ccc2C)no1. The number of morpholine rings is 1. The lowest BCUT2D eigenvalue weighted by Gasteiger charge is -2.29. The zero-order chi connectivity index (χ0) is 22.5. The van der Waals surface area contributed by atoms with Crippen molar-refractivity contribution in [3.05, 3.63) is 59.6 Å². The second kappa shape index (κ2) is 9.82. The number of aryl methyl sites for hydroxylation is 1. The van der Waals surface area contributed by atoms with Crippen LogP contribution in [0.5, 0.6) is 0 Å². The Hall–Kier alpha value is -3.39. The van der Waals surface area contributed by atoms with Gasteiger partial charge in [-0.05, 0) is 49.2 Å². The number of anilines is 3. The first-order valence-corrected chi connectivity index (χ1v) is 10.8. The van der Waals surface area contributed by atoms with E-state index in [2.05, 4.69) is 20.7 Å². The third kappa shape index (κ3) is 5.08. The van der Waals surface area contributed by atoms with Crippen LogP contribution in [0, 0.1) is 12.7 Å². The predicted octanol–water partition coefficient (Wildman–Crippen LogP) is 4.51. The molecule has 0 spiro atoms. The van der Waals surface area contributed by atoms with Crippen LogP contribution in [0.25, 0.3) is 11.3 Å². The third-order valence-corrected chi connectivity index (χ3v) is 5.33. The zero-order valence-electron chi connectivity index (χ0n) is 18.3. The highest BCUT2D eigenvalue weighted by atomic mass is 19.1. The molecule has 1 saturated heterocycles. The average molecular weight is 439 g/mol. The maximum Gasteiger partial charge on any atom is 0.289 e. The van der Waals surface area contributed by atoms with Gasteiger partial charge in [0.15, 0.2) is 0 Å². The van der Waals surface area contributed by atoms with Crippen LogP contribution in [0.15, 0.2) is 47.0 Å². The summed E-state index contributed by atoms with van der Waals surface area (Å²) >= 11 is 0. The molecule has 1 aromatic heterocycles. The van der Waals surface area contributed by atoms with Crippen molar-refractivity contribution in [1.82, 2.24) is 10.5 Å². The van der Waals surface area contributed by atoms with E-state index >= 15 is 0 Å². The molecule has 168 valence electrons. The normalized spacial score (nSPS) is 13.8. The molecule has 2 aromatic carbocycles. The summed E-state index contributed by atoms with van der Waals surface area (Å²) < 4.78 is 24.9. The molecule has 0 unspecified atom stereocenters. The monoisotopic (exact) mass is 438 g/mol. The summed E-state index contributed by atoms with van der Waals surface area (Å²) in [4.78, 5) is 14.2. The Morgan fingerprint density at radius 2 is 1.94 bits per heavy atom. The number of aromatic nitrogens is 1. The number of nitrogens with zero attached hydrogens (tertiary/aromatic N) is 2. The average Bonchev–Trinajstić information content (AvgIpc) is 3.29. The number of nitrogens with one attached hydrogen (secondary N) is 2. The van der Waals surface area contributed by atoms with E-state index < -0.39 is 0 Å². The molecule has 2 N–H and O–H groups in total. The van der Waals surface area contributed by atoms with Crippen molar-refractivity contribution < 1.29 is 18.4 Å².